The molecular formula is C15H22O2. The van der Waals surface area contributed by atoms with Gasteiger partial charge in [-0.15, -0.1) is 0 Å². The van der Waals surface area contributed by atoms with Crippen LogP contribution in [0.15, 0.2) is 18.2 Å². The minimum atomic E-state index is -0.208. The number of fused-ring (bicyclic) bond motifs is 1. The molecule has 0 saturated heterocycles. The third-order valence-corrected chi connectivity index (χ3v) is 3.63. The summed E-state index contributed by atoms with van der Waals surface area (Å²) in [5, 5.41) is 9.41. The van der Waals surface area contributed by atoms with E-state index in [0.717, 1.165) is 24.2 Å². The zero-order valence-electron chi connectivity index (χ0n) is 11.2. The number of benzene rings is 1. The van der Waals surface area contributed by atoms with Crippen molar-refractivity contribution < 1.29 is 9.84 Å². The summed E-state index contributed by atoms with van der Waals surface area (Å²) in [5.74, 6) is 0.986. The van der Waals surface area contributed by atoms with Gasteiger partial charge in [0.25, 0.3) is 0 Å². The van der Waals surface area contributed by atoms with Crippen molar-refractivity contribution in [1.29, 1.82) is 0 Å². The zero-order chi connectivity index (χ0) is 12.7. The fraction of sp³-hybridized carbons (Fsp3) is 0.600. The Bertz CT molecular complexity index is 419. The molecule has 0 unspecified atom stereocenters. The summed E-state index contributed by atoms with van der Waals surface area (Å²) in [4.78, 5) is 0. The van der Waals surface area contributed by atoms with Gasteiger partial charge in [0.1, 0.15) is 11.4 Å². The summed E-state index contributed by atoms with van der Waals surface area (Å²) in [6.07, 6.45) is 2.13. The Morgan fingerprint density at radius 3 is 2.71 bits per heavy atom. The van der Waals surface area contributed by atoms with E-state index in [1.165, 1.54) is 5.56 Å². The van der Waals surface area contributed by atoms with Gasteiger partial charge < -0.3 is 9.84 Å². The summed E-state index contributed by atoms with van der Waals surface area (Å²) < 4.78 is 6.02. The van der Waals surface area contributed by atoms with E-state index in [1.54, 1.807) is 0 Å². The molecule has 1 aromatic rings. The van der Waals surface area contributed by atoms with Crippen LogP contribution in [0.25, 0.3) is 0 Å². The highest BCUT2D eigenvalue weighted by Crippen LogP contribution is 2.36. The third-order valence-electron chi connectivity index (χ3n) is 3.63. The van der Waals surface area contributed by atoms with Crippen LogP contribution in [0, 0.1) is 0 Å². The van der Waals surface area contributed by atoms with E-state index in [2.05, 4.69) is 32.0 Å². The van der Waals surface area contributed by atoms with Crippen LogP contribution in [0.2, 0.25) is 0 Å². The van der Waals surface area contributed by atoms with Gasteiger partial charge >= 0.3 is 0 Å². The maximum Gasteiger partial charge on any atom is 0.123 e. The molecule has 1 aromatic carbocycles. The second kappa shape index (κ2) is 4.02. The Morgan fingerprint density at radius 1 is 1.35 bits per heavy atom. The van der Waals surface area contributed by atoms with Crippen LogP contribution in [-0.4, -0.2) is 17.3 Å². The van der Waals surface area contributed by atoms with Crippen LogP contribution in [0.1, 0.15) is 45.2 Å². The first-order valence-electron chi connectivity index (χ1n) is 6.27. The number of hydrogen-bond acceptors (Lipinski definition) is 2. The molecule has 1 aliphatic rings. The van der Waals surface area contributed by atoms with E-state index in [9.17, 15) is 5.11 Å². The predicted octanol–water partition coefficient (Wildman–Crippen LogP) is 3.06. The summed E-state index contributed by atoms with van der Waals surface area (Å²) in [5.41, 5.74) is 2.13. The quantitative estimate of drug-likeness (QED) is 0.852. The highest BCUT2D eigenvalue weighted by molar-refractivity contribution is 5.42. The Balaban J connectivity index is 2.37. The standard InChI is InChI=1S/C15H22O2/c1-14(2,10-16)12-6-5-11-7-8-15(3,4)17-13(11)9-12/h5-6,9,16H,7-8,10H2,1-4H3. The fourth-order valence-corrected chi connectivity index (χ4v) is 2.15. The Morgan fingerprint density at radius 2 is 2.06 bits per heavy atom. The smallest absolute Gasteiger partial charge is 0.123 e. The van der Waals surface area contributed by atoms with Crippen molar-refractivity contribution in [3.05, 3.63) is 29.3 Å². The van der Waals surface area contributed by atoms with Crippen LogP contribution in [0.5, 0.6) is 5.75 Å². The molecule has 0 radical (unpaired) electrons. The molecule has 0 fully saturated rings. The summed E-state index contributed by atoms with van der Waals surface area (Å²) >= 11 is 0. The van der Waals surface area contributed by atoms with Crippen LogP contribution in [0.3, 0.4) is 0 Å². The number of aryl methyl sites for hydroxylation is 1. The molecule has 0 bridgehead atoms. The molecule has 0 atom stereocenters. The van der Waals surface area contributed by atoms with E-state index in [-0.39, 0.29) is 17.6 Å². The first kappa shape index (κ1) is 12.4. The van der Waals surface area contributed by atoms with Crippen molar-refractivity contribution >= 4 is 0 Å². The lowest BCUT2D eigenvalue weighted by Crippen LogP contribution is -2.33. The maximum atomic E-state index is 9.41. The van der Waals surface area contributed by atoms with Crippen molar-refractivity contribution in [1.82, 2.24) is 0 Å². The molecule has 1 aliphatic heterocycles. The molecular weight excluding hydrogens is 212 g/mol. The molecule has 94 valence electrons. The lowest BCUT2D eigenvalue weighted by atomic mass is 9.83. The Labute approximate surface area is 104 Å². The Kier molecular flexibility index (Phi) is 2.94. The van der Waals surface area contributed by atoms with Crippen molar-refractivity contribution in [2.75, 3.05) is 6.61 Å². The van der Waals surface area contributed by atoms with E-state index in [1.807, 2.05) is 13.8 Å². The van der Waals surface area contributed by atoms with E-state index in [0.29, 0.717) is 0 Å². The van der Waals surface area contributed by atoms with Crippen molar-refractivity contribution in [2.45, 2.75) is 51.6 Å². The Hall–Kier alpha value is -1.02. The van der Waals surface area contributed by atoms with Crippen molar-refractivity contribution in [3.8, 4) is 5.75 Å². The molecule has 0 aliphatic carbocycles. The van der Waals surface area contributed by atoms with Crippen LogP contribution >= 0.6 is 0 Å². The highest BCUT2D eigenvalue weighted by Gasteiger charge is 2.28. The minimum Gasteiger partial charge on any atom is -0.488 e. The number of rotatable bonds is 2. The molecule has 0 saturated carbocycles. The minimum absolute atomic E-state index is 0.0744. The van der Waals surface area contributed by atoms with Gasteiger partial charge in [0.15, 0.2) is 0 Å². The average molecular weight is 234 g/mol. The molecule has 0 spiro atoms. The number of ether oxygens (including phenoxy) is 1. The maximum absolute atomic E-state index is 9.41. The van der Waals surface area contributed by atoms with E-state index < -0.39 is 0 Å². The van der Waals surface area contributed by atoms with Crippen LogP contribution in [0.4, 0.5) is 0 Å². The fourth-order valence-electron chi connectivity index (χ4n) is 2.15. The number of aliphatic hydroxyl groups is 1. The molecule has 1 N–H and O–H groups in total. The third kappa shape index (κ3) is 2.47. The van der Waals surface area contributed by atoms with Gasteiger partial charge in [0, 0.05) is 5.41 Å². The molecule has 0 amide bonds. The lowest BCUT2D eigenvalue weighted by Gasteiger charge is -2.34. The monoisotopic (exact) mass is 234 g/mol. The molecule has 2 rings (SSSR count). The second-order valence-corrected chi connectivity index (χ2v) is 6.23. The van der Waals surface area contributed by atoms with Crippen molar-refractivity contribution in [2.24, 2.45) is 0 Å². The normalized spacial score (nSPS) is 18.4. The molecule has 1 heterocycles. The summed E-state index contributed by atoms with van der Waals surface area (Å²) in [7, 11) is 0. The molecule has 2 heteroatoms. The first-order valence-corrected chi connectivity index (χ1v) is 6.27. The predicted molar refractivity (Wildman–Crippen MR) is 69.6 cm³/mol. The summed E-state index contributed by atoms with van der Waals surface area (Å²) in [6, 6.07) is 6.33. The highest BCUT2D eigenvalue weighted by atomic mass is 16.5. The molecule has 17 heavy (non-hydrogen) atoms. The first-order chi connectivity index (χ1) is 7.84. The zero-order valence-corrected chi connectivity index (χ0v) is 11.2. The summed E-state index contributed by atoms with van der Waals surface area (Å²) in [6.45, 7) is 8.49. The molecule has 2 nitrogen and oxygen atoms in total. The van der Waals surface area contributed by atoms with Gasteiger partial charge in [0.2, 0.25) is 0 Å². The second-order valence-electron chi connectivity index (χ2n) is 6.23. The topological polar surface area (TPSA) is 29.5 Å². The van der Waals surface area contributed by atoms with E-state index >= 15 is 0 Å². The van der Waals surface area contributed by atoms with Crippen LogP contribution in [-0.2, 0) is 11.8 Å². The van der Waals surface area contributed by atoms with Crippen LogP contribution < -0.4 is 4.74 Å². The van der Waals surface area contributed by atoms with Gasteiger partial charge in [-0.2, -0.15) is 0 Å². The number of hydrogen-bond donors (Lipinski definition) is 1. The van der Waals surface area contributed by atoms with Crippen molar-refractivity contribution in [3.63, 3.8) is 0 Å². The van der Waals surface area contributed by atoms with Gasteiger partial charge in [-0.3, -0.25) is 0 Å². The average Bonchev–Trinajstić information content (AvgIpc) is 2.27. The molecule has 0 aromatic heterocycles. The lowest BCUT2D eigenvalue weighted by molar-refractivity contribution is 0.0843. The van der Waals surface area contributed by atoms with Gasteiger partial charge in [-0.25, -0.2) is 0 Å². The largest absolute Gasteiger partial charge is 0.488 e. The number of aliphatic hydroxyl groups excluding tert-OH is 1. The van der Waals surface area contributed by atoms with Gasteiger partial charge in [0.05, 0.1) is 6.61 Å². The van der Waals surface area contributed by atoms with E-state index in [4.69, 9.17) is 4.74 Å². The van der Waals surface area contributed by atoms with Gasteiger partial charge in [-0.05, 0) is 43.9 Å². The van der Waals surface area contributed by atoms with Gasteiger partial charge in [-0.1, -0.05) is 26.0 Å². The SMILES string of the molecule is CC1(C)CCc2ccc(C(C)(C)CO)cc2O1.